The third-order valence-electron chi connectivity index (χ3n) is 3.81. The van der Waals surface area contributed by atoms with Crippen LogP contribution in [0.4, 0.5) is 15.8 Å². The van der Waals surface area contributed by atoms with Crippen molar-refractivity contribution in [1.82, 2.24) is 0 Å². The van der Waals surface area contributed by atoms with Gasteiger partial charge in [0.15, 0.2) is 5.75 Å². The van der Waals surface area contributed by atoms with E-state index in [-0.39, 0.29) is 11.3 Å². The van der Waals surface area contributed by atoms with E-state index in [2.05, 4.69) is 5.32 Å². The summed E-state index contributed by atoms with van der Waals surface area (Å²) in [5, 5.41) is 13.6. The first-order chi connectivity index (χ1) is 12.9. The number of para-hydroxylation sites is 2. The molecule has 0 saturated carbocycles. The first kappa shape index (κ1) is 18.1. The van der Waals surface area contributed by atoms with Crippen LogP contribution in [0.2, 0.25) is 0 Å². The Hall–Kier alpha value is -3.74. The van der Waals surface area contributed by atoms with E-state index in [0.717, 1.165) is 0 Å². The molecule has 0 saturated heterocycles. The Bertz CT molecular complexity index is 1020. The Balaban J connectivity index is 1.82. The summed E-state index contributed by atoms with van der Waals surface area (Å²) in [6.45, 7) is 1.57. The summed E-state index contributed by atoms with van der Waals surface area (Å²) in [4.78, 5) is 22.9. The second kappa shape index (κ2) is 7.65. The molecule has 7 heteroatoms. The summed E-state index contributed by atoms with van der Waals surface area (Å²) in [5.41, 5.74) is 1.000. The lowest BCUT2D eigenvalue weighted by Gasteiger charge is -2.12. The Kier molecular flexibility index (Phi) is 5.12. The average molecular weight is 366 g/mol. The SMILES string of the molecule is Cc1cc(C(=O)Nc2ccccc2Oc2cccc(F)c2)ccc1[N+](=O)[O-]. The number of nitrogens with zero attached hydrogens (tertiary/aromatic N) is 1. The van der Waals surface area contributed by atoms with E-state index in [9.17, 15) is 19.3 Å². The van der Waals surface area contributed by atoms with Gasteiger partial charge < -0.3 is 10.1 Å². The second-order valence-electron chi connectivity index (χ2n) is 5.77. The number of carbonyl (C=O) groups is 1. The van der Waals surface area contributed by atoms with E-state index in [1.807, 2.05) is 0 Å². The van der Waals surface area contributed by atoms with Crippen LogP contribution in [0.3, 0.4) is 0 Å². The molecule has 0 spiro atoms. The maximum atomic E-state index is 13.3. The molecule has 136 valence electrons. The van der Waals surface area contributed by atoms with Crippen molar-refractivity contribution in [3.8, 4) is 11.5 Å². The topological polar surface area (TPSA) is 81.5 Å². The number of anilines is 1. The summed E-state index contributed by atoms with van der Waals surface area (Å²) in [6.07, 6.45) is 0. The van der Waals surface area contributed by atoms with Gasteiger partial charge in [-0.15, -0.1) is 0 Å². The molecule has 0 heterocycles. The molecule has 3 rings (SSSR count). The lowest BCUT2D eigenvalue weighted by molar-refractivity contribution is -0.385. The normalized spacial score (nSPS) is 10.3. The predicted octanol–water partition coefficient (Wildman–Crippen LogP) is 5.09. The lowest BCUT2D eigenvalue weighted by atomic mass is 10.1. The summed E-state index contributed by atoms with van der Waals surface area (Å²) in [7, 11) is 0. The fraction of sp³-hybridized carbons (Fsp3) is 0.0500. The fourth-order valence-electron chi connectivity index (χ4n) is 2.51. The van der Waals surface area contributed by atoms with Crippen LogP contribution in [0, 0.1) is 22.9 Å². The quantitative estimate of drug-likeness (QED) is 0.504. The number of nitro groups is 1. The van der Waals surface area contributed by atoms with Crippen LogP contribution in [-0.4, -0.2) is 10.8 Å². The monoisotopic (exact) mass is 366 g/mol. The largest absolute Gasteiger partial charge is 0.455 e. The number of hydrogen-bond donors (Lipinski definition) is 1. The van der Waals surface area contributed by atoms with E-state index in [1.165, 1.54) is 36.4 Å². The molecule has 0 unspecified atom stereocenters. The van der Waals surface area contributed by atoms with Gasteiger partial charge in [-0.3, -0.25) is 14.9 Å². The molecule has 1 amide bonds. The molecule has 0 atom stereocenters. The highest BCUT2D eigenvalue weighted by molar-refractivity contribution is 6.05. The van der Waals surface area contributed by atoms with Crippen molar-refractivity contribution in [2.75, 3.05) is 5.32 Å². The predicted molar refractivity (Wildman–Crippen MR) is 98.7 cm³/mol. The van der Waals surface area contributed by atoms with Gasteiger partial charge in [0, 0.05) is 23.3 Å². The molecule has 1 N–H and O–H groups in total. The Morgan fingerprint density at radius 1 is 1.07 bits per heavy atom. The number of nitro benzene ring substituents is 1. The van der Waals surface area contributed by atoms with Crippen LogP contribution < -0.4 is 10.1 Å². The van der Waals surface area contributed by atoms with Crippen molar-refractivity contribution in [2.24, 2.45) is 0 Å². The molecule has 0 bridgehead atoms. The van der Waals surface area contributed by atoms with Crippen LogP contribution in [0.15, 0.2) is 66.7 Å². The first-order valence-corrected chi connectivity index (χ1v) is 8.03. The summed E-state index contributed by atoms with van der Waals surface area (Å²) >= 11 is 0. The second-order valence-corrected chi connectivity index (χ2v) is 5.77. The highest BCUT2D eigenvalue weighted by Gasteiger charge is 2.15. The highest BCUT2D eigenvalue weighted by Crippen LogP contribution is 2.30. The van der Waals surface area contributed by atoms with Crippen molar-refractivity contribution in [2.45, 2.75) is 6.92 Å². The van der Waals surface area contributed by atoms with Gasteiger partial charge in [-0.05, 0) is 43.3 Å². The Morgan fingerprint density at radius 2 is 1.85 bits per heavy atom. The van der Waals surface area contributed by atoms with E-state index < -0.39 is 16.6 Å². The van der Waals surface area contributed by atoms with E-state index in [1.54, 1.807) is 37.3 Å². The van der Waals surface area contributed by atoms with Gasteiger partial charge in [0.1, 0.15) is 11.6 Å². The number of aryl methyl sites for hydroxylation is 1. The number of ether oxygens (including phenoxy) is 1. The van der Waals surface area contributed by atoms with E-state index in [0.29, 0.717) is 22.7 Å². The number of rotatable bonds is 5. The van der Waals surface area contributed by atoms with Crippen molar-refractivity contribution in [3.05, 3.63) is 93.8 Å². The van der Waals surface area contributed by atoms with Crippen molar-refractivity contribution < 1.29 is 18.8 Å². The number of benzene rings is 3. The molecular weight excluding hydrogens is 351 g/mol. The van der Waals surface area contributed by atoms with Crippen molar-refractivity contribution in [1.29, 1.82) is 0 Å². The van der Waals surface area contributed by atoms with Gasteiger partial charge in [0.25, 0.3) is 11.6 Å². The van der Waals surface area contributed by atoms with Crippen LogP contribution in [-0.2, 0) is 0 Å². The molecule has 27 heavy (non-hydrogen) atoms. The minimum atomic E-state index is -0.501. The third kappa shape index (κ3) is 4.27. The molecule has 6 nitrogen and oxygen atoms in total. The van der Waals surface area contributed by atoms with Crippen molar-refractivity contribution >= 4 is 17.3 Å². The van der Waals surface area contributed by atoms with E-state index >= 15 is 0 Å². The van der Waals surface area contributed by atoms with Crippen LogP contribution in [0.25, 0.3) is 0 Å². The zero-order chi connectivity index (χ0) is 19.4. The smallest absolute Gasteiger partial charge is 0.272 e. The summed E-state index contributed by atoms with van der Waals surface area (Å²) in [6, 6.07) is 16.5. The van der Waals surface area contributed by atoms with Gasteiger partial charge in [-0.25, -0.2) is 4.39 Å². The van der Waals surface area contributed by atoms with Gasteiger partial charge in [0.05, 0.1) is 10.6 Å². The minimum absolute atomic E-state index is 0.0543. The first-order valence-electron chi connectivity index (χ1n) is 8.03. The Morgan fingerprint density at radius 3 is 2.56 bits per heavy atom. The molecule has 0 aromatic heterocycles. The summed E-state index contributed by atoms with van der Waals surface area (Å²) in [5.74, 6) is -0.239. The van der Waals surface area contributed by atoms with E-state index in [4.69, 9.17) is 4.74 Å². The number of halogens is 1. The molecule has 0 aliphatic rings. The maximum absolute atomic E-state index is 13.3. The molecule has 0 aliphatic carbocycles. The van der Waals surface area contributed by atoms with Crippen molar-refractivity contribution in [3.63, 3.8) is 0 Å². The molecule has 0 radical (unpaired) electrons. The number of hydrogen-bond acceptors (Lipinski definition) is 4. The molecule has 0 fully saturated rings. The van der Waals surface area contributed by atoms with Gasteiger partial charge in [0.2, 0.25) is 0 Å². The number of carbonyl (C=O) groups excluding carboxylic acids is 1. The number of amides is 1. The zero-order valence-corrected chi connectivity index (χ0v) is 14.3. The Labute approximate surface area is 154 Å². The maximum Gasteiger partial charge on any atom is 0.272 e. The standard InChI is InChI=1S/C20H15FN2O4/c1-13-11-14(9-10-18(13)23(25)26)20(24)22-17-7-2-3-8-19(17)27-16-6-4-5-15(21)12-16/h2-12H,1H3,(H,22,24). The van der Waals surface area contributed by atoms with Gasteiger partial charge in [-0.1, -0.05) is 18.2 Å². The van der Waals surface area contributed by atoms with Crippen LogP contribution in [0.5, 0.6) is 11.5 Å². The summed E-state index contributed by atoms with van der Waals surface area (Å²) < 4.78 is 19.0. The molecular formula is C20H15FN2O4. The van der Waals surface area contributed by atoms with Gasteiger partial charge in [-0.2, -0.15) is 0 Å². The molecule has 3 aromatic rings. The number of nitrogens with one attached hydrogen (secondary N) is 1. The zero-order valence-electron chi connectivity index (χ0n) is 14.3. The fourth-order valence-corrected chi connectivity index (χ4v) is 2.51. The third-order valence-corrected chi connectivity index (χ3v) is 3.81. The van der Waals surface area contributed by atoms with Gasteiger partial charge >= 0.3 is 0 Å². The highest BCUT2D eigenvalue weighted by atomic mass is 19.1. The molecule has 3 aromatic carbocycles. The van der Waals surface area contributed by atoms with Crippen LogP contribution in [0.1, 0.15) is 15.9 Å². The minimum Gasteiger partial charge on any atom is -0.455 e. The van der Waals surface area contributed by atoms with Crippen LogP contribution >= 0.6 is 0 Å². The lowest BCUT2D eigenvalue weighted by Crippen LogP contribution is -2.13. The average Bonchev–Trinajstić information content (AvgIpc) is 2.63. The molecule has 0 aliphatic heterocycles.